The van der Waals surface area contributed by atoms with Crippen LogP contribution in [-0.4, -0.2) is 23.5 Å². The molecule has 0 N–H and O–H groups in total. The van der Waals surface area contributed by atoms with Crippen LogP contribution < -0.4 is 0 Å². The van der Waals surface area contributed by atoms with E-state index in [1.807, 2.05) is 0 Å². The van der Waals surface area contributed by atoms with Crippen molar-refractivity contribution in [2.24, 2.45) is 0 Å². The molecule has 0 bridgehead atoms. The first-order chi connectivity index (χ1) is 5.73. The number of hydrogen-bond acceptors (Lipinski definition) is 1. The Bertz CT molecular complexity index is 154. The highest BCUT2D eigenvalue weighted by Gasteiger charge is 2.28. The van der Waals surface area contributed by atoms with Crippen molar-refractivity contribution in [1.82, 2.24) is 4.90 Å². The SMILES string of the molecule is CCCC(C)(CC)N1CC=CC1. The van der Waals surface area contributed by atoms with Crippen molar-refractivity contribution >= 4 is 0 Å². The molecule has 1 nitrogen and oxygen atoms in total. The van der Waals surface area contributed by atoms with Crippen LogP contribution in [0.25, 0.3) is 0 Å². The van der Waals surface area contributed by atoms with Gasteiger partial charge in [0.25, 0.3) is 0 Å². The summed E-state index contributed by atoms with van der Waals surface area (Å²) in [5, 5.41) is 0. The molecule has 0 aromatic carbocycles. The number of hydrogen-bond donors (Lipinski definition) is 0. The summed E-state index contributed by atoms with van der Waals surface area (Å²) in [5.74, 6) is 0. The molecular weight excluding hydrogens is 146 g/mol. The molecule has 1 aliphatic rings. The van der Waals surface area contributed by atoms with E-state index in [1.165, 1.54) is 19.3 Å². The van der Waals surface area contributed by atoms with Gasteiger partial charge in [0.15, 0.2) is 0 Å². The maximum absolute atomic E-state index is 2.58. The van der Waals surface area contributed by atoms with Crippen LogP contribution in [0.2, 0.25) is 0 Å². The van der Waals surface area contributed by atoms with Crippen LogP contribution in [0.4, 0.5) is 0 Å². The van der Waals surface area contributed by atoms with Crippen LogP contribution in [-0.2, 0) is 0 Å². The van der Waals surface area contributed by atoms with Crippen LogP contribution in [0.1, 0.15) is 40.0 Å². The van der Waals surface area contributed by atoms with Crippen molar-refractivity contribution in [3.05, 3.63) is 12.2 Å². The lowest BCUT2D eigenvalue weighted by Crippen LogP contribution is -2.44. The minimum atomic E-state index is 0.443. The quantitative estimate of drug-likeness (QED) is 0.582. The summed E-state index contributed by atoms with van der Waals surface area (Å²) in [7, 11) is 0. The first kappa shape index (κ1) is 9.79. The van der Waals surface area contributed by atoms with Crippen LogP contribution >= 0.6 is 0 Å². The van der Waals surface area contributed by atoms with Gasteiger partial charge >= 0.3 is 0 Å². The third kappa shape index (κ3) is 1.89. The van der Waals surface area contributed by atoms with Crippen LogP contribution in [0, 0.1) is 0 Å². The smallest absolute Gasteiger partial charge is 0.0185 e. The Balaban J connectivity index is 2.52. The molecule has 0 saturated heterocycles. The van der Waals surface area contributed by atoms with Crippen molar-refractivity contribution in [3.8, 4) is 0 Å². The van der Waals surface area contributed by atoms with Gasteiger partial charge in [-0.1, -0.05) is 32.4 Å². The summed E-state index contributed by atoms with van der Waals surface area (Å²) in [6.07, 6.45) is 8.45. The molecule has 70 valence electrons. The lowest BCUT2D eigenvalue weighted by molar-refractivity contribution is 0.125. The van der Waals surface area contributed by atoms with Gasteiger partial charge in [-0.2, -0.15) is 0 Å². The topological polar surface area (TPSA) is 3.24 Å². The normalized spacial score (nSPS) is 22.9. The molecule has 0 fully saturated rings. The summed E-state index contributed by atoms with van der Waals surface area (Å²) >= 11 is 0. The molecule has 0 aromatic rings. The summed E-state index contributed by atoms with van der Waals surface area (Å²) in [6, 6.07) is 0. The molecule has 1 heterocycles. The van der Waals surface area contributed by atoms with E-state index in [9.17, 15) is 0 Å². The monoisotopic (exact) mass is 167 g/mol. The molecular formula is C11H21N. The minimum Gasteiger partial charge on any atom is -0.291 e. The Kier molecular flexibility index (Phi) is 3.33. The summed E-state index contributed by atoms with van der Waals surface area (Å²) in [4.78, 5) is 2.58. The summed E-state index contributed by atoms with van der Waals surface area (Å²) < 4.78 is 0. The van der Waals surface area contributed by atoms with Crippen molar-refractivity contribution in [1.29, 1.82) is 0 Å². The van der Waals surface area contributed by atoms with E-state index >= 15 is 0 Å². The molecule has 1 unspecified atom stereocenters. The predicted octanol–water partition coefficient (Wildman–Crippen LogP) is 2.83. The molecule has 0 aliphatic carbocycles. The zero-order valence-electron chi connectivity index (χ0n) is 8.64. The van der Waals surface area contributed by atoms with Crippen molar-refractivity contribution in [2.75, 3.05) is 13.1 Å². The van der Waals surface area contributed by atoms with E-state index in [2.05, 4.69) is 37.8 Å². The fourth-order valence-corrected chi connectivity index (χ4v) is 2.02. The second-order valence-electron chi connectivity index (χ2n) is 3.98. The Morgan fingerprint density at radius 1 is 1.25 bits per heavy atom. The lowest BCUT2D eigenvalue weighted by Gasteiger charge is -2.38. The number of rotatable bonds is 4. The molecule has 0 aromatic heterocycles. The highest BCUT2D eigenvalue weighted by atomic mass is 15.2. The fraction of sp³-hybridized carbons (Fsp3) is 0.818. The summed E-state index contributed by atoms with van der Waals surface area (Å²) in [6.45, 7) is 9.28. The highest BCUT2D eigenvalue weighted by Crippen LogP contribution is 2.26. The molecule has 0 saturated carbocycles. The van der Waals surface area contributed by atoms with E-state index in [1.54, 1.807) is 0 Å². The molecule has 0 radical (unpaired) electrons. The average Bonchev–Trinajstić information content (AvgIpc) is 2.57. The first-order valence-electron chi connectivity index (χ1n) is 5.13. The van der Waals surface area contributed by atoms with E-state index in [0.29, 0.717) is 5.54 Å². The Hall–Kier alpha value is -0.300. The van der Waals surface area contributed by atoms with E-state index in [4.69, 9.17) is 0 Å². The molecule has 1 aliphatic heterocycles. The second kappa shape index (κ2) is 4.08. The maximum atomic E-state index is 2.58. The van der Waals surface area contributed by atoms with Gasteiger partial charge < -0.3 is 0 Å². The van der Waals surface area contributed by atoms with E-state index in [-0.39, 0.29) is 0 Å². The third-order valence-electron chi connectivity index (χ3n) is 3.13. The fourth-order valence-electron chi connectivity index (χ4n) is 2.02. The Morgan fingerprint density at radius 2 is 1.83 bits per heavy atom. The molecule has 12 heavy (non-hydrogen) atoms. The van der Waals surface area contributed by atoms with Gasteiger partial charge in [-0.15, -0.1) is 0 Å². The predicted molar refractivity (Wildman–Crippen MR) is 54.3 cm³/mol. The van der Waals surface area contributed by atoms with Gasteiger partial charge in [0.1, 0.15) is 0 Å². The van der Waals surface area contributed by atoms with E-state index in [0.717, 1.165) is 13.1 Å². The average molecular weight is 167 g/mol. The van der Waals surface area contributed by atoms with Crippen molar-refractivity contribution < 1.29 is 0 Å². The van der Waals surface area contributed by atoms with Gasteiger partial charge in [-0.3, -0.25) is 4.90 Å². The molecule has 1 atom stereocenters. The van der Waals surface area contributed by atoms with E-state index < -0.39 is 0 Å². The van der Waals surface area contributed by atoms with Crippen LogP contribution in [0.5, 0.6) is 0 Å². The second-order valence-corrected chi connectivity index (χ2v) is 3.98. The molecule has 1 rings (SSSR count). The minimum absolute atomic E-state index is 0.443. The highest BCUT2D eigenvalue weighted by molar-refractivity contribution is 5.01. The van der Waals surface area contributed by atoms with Gasteiger partial charge in [0, 0.05) is 18.6 Å². The number of nitrogens with zero attached hydrogens (tertiary/aromatic N) is 1. The standard InChI is InChI=1S/C11H21N/c1-4-8-11(3,5-2)12-9-6-7-10-12/h6-7H,4-5,8-10H2,1-3H3. The Morgan fingerprint density at radius 3 is 2.25 bits per heavy atom. The van der Waals surface area contributed by atoms with Crippen LogP contribution in [0.3, 0.4) is 0 Å². The molecule has 0 amide bonds. The van der Waals surface area contributed by atoms with Gasteiger partial charge in [-0.05, 0) is 19.8 Å². The molecule has 1 heteroatoms. The van der Waals surface area contributed by atoms with Gasteiger partial charge in [0.05, 0.1) is 0 Å². The lowest BCUT2D eigenvalue weighted by atomic mass is 9.91. The van der Waals surface area contributed by atoms with Gasteiger partial charge in [0.2, 0.25) is 0 Å². The summed E-state index contributed by atoms with van der Waals surface area (Å²) in [5.41, 5.74) is 0.443. The Labute approximate surface area is 76.5 Å². The zero-order valence-corrected chi connectivity index (χ0v) is 8.64. The first-order valence-corrected chi connectivity index (χ1v) is 5.13. The largest absolute Gasteiger partial charge is 0.291 e. The van der Waals surface area contributed by atoms with Gasteiger partial charge in [-0.25, -0.2) is 0 Å². The third-order valence-corrected chi connectivity index (χ3v) is 3.13. The van der Waals surface area contributed by atoms with Crippen molar-refractivity contribution in [3.63, 3.8) is 0 Å². The van der Waals surface area contributed by atoms with Crippen LogP contribution in [0.15, 0.2) is 12.2 Å². The maximum Gasteiger partial charge on any atom is 0.0185 e. The van der Waals surface area contributed by atoms with Crippen molar-refractivity contribution in [2.45, 2.75) is 45.6 Å². The zero-order chi connectivity index (χ0) is 9.03. The molecule has 0 spiro atoms.